The average Bonchev–Trinajstić information content (AvgIpc) is 2.74. The Morgan fingerprint density at radius 1 is 0.931 bits per heavy atom. The molecular weight excluding hydrogens is 377 g/mol. The SMILES string of the molecule is COc1cc(Nc2ccnc(C(=O)Nc3ccccc3F)c2)cc(OC)c1OC. The highest BCUT2D eigenvalue weighted by Gasteiger charge is 2.14. The van der Waals surface area contributed by atoms with Crippen LogP contribution in [0.5, 0.6) is 17.2 Å². The Balaban J connectivity index is 1.83. The third-order valence-electron chi connectivity index (χ3n) is 4.07. The van der Waals surface area contributed by atoms with E-state index in [2.05, 4.69) is 15.6 Å². The molecule has 0 bridgehead atoms. The van der Waals surface area contributed by atoms with Crippen LogP contribution in [-0.2, 0) is 0 Å². The first kappa shape index (κ1) is 19.9. The number of ether oxygens (including phenoxy) is 3. The van der Waals surface area contributed by atoms with Crippen LogP contribution >= 0.6 is 0 Å². The Morgan fingerprint density at radius 3 is 2.24 bits per heavy atom. The number of methoxy groups -OCH3 is 3. The van der Waals surface area contributed by atoms with Gasteiger partial charge >= 0.3 is 0 Å². The number of hydrogen-bond acceptors (Lipinski definition) is 6. The summed E-state index contributed by atoms with van der Waals surface area (Å²) in [5, 5.41) is 5.67. The summed E-state index contributed by atoms with van der Waals surface area (Å²) in [5.41, 5.74) is 1.48. The number of amides is 1. The van der Waals surface area contributed by atoms with Crippen molar-refractivity contribution >= 4 is 23.0 Å². The van der Waals surface area contributed by atoms with Crippen LogP contribution in [-0.4, -0.2) is 32.2 Å². The predicted octanol–water partition coefficient (Wildman–Crippen LogP) is 4.24. The van der Waals surface area contributed by atoms with Crippen molar-refractivity contribution in [3.05, 3.63) is 66.2 Å². The average molecular weight is 397 g/mol. The van der Waals surface area contributed by atoms with E-state index in [0.717, 1.165) is 0 Å². The van der Waals surface area contributed by atoms with Crippen molar-refractivity contribution in [1.29, 1.82) is 0 Å². The van der Waals surface area contributed by atoms with E-state index in [1.807, 2.05) is 0 Å². The number of anilines is 3. The second-order valence-electron chi connectivity index (χ2n) is 5.90. The van der Waals surface area contributed by atoms with Crippen LogP contribution < -0.4 is 24.8 Å². The van der Waals surface area contributed by atoms with E-state index in [0.29, 0.717) is 28.6 Å². The van der Waals surface area contributed by atoms with E-state index in [4.69, 9.17) is 14.2 Å². The van der Waals surface area contributed by atoms with Crippen molar-refractivity contribution in [2.24, 2.45) is 0 Å². The fourth-order valence-corrected chi connectivity index (χ4v) is 2.70. The number of aromatic nitrogens is 1. The van der Waals surface area contributed by atoms with Gasteiger partial charge in [0.2, 0.25) is 5.75 Å². The molecule has 0 unspecified atom stereocenters. The van der Waals surface area contributed by atoms with Crippen molar-refractivity contribution < 1.29 is 23.4 Å². The summed E-state index contributed by atoms with van der Waals surface area (Å²) in [6.45, 7) is 0. The maximum absolute atomic E-state index is 13.8. The van der Waals surface area contributed by atoms with Gasteiger partial charge in [0.25, 0.3) is 5.91 Å². The van der Waals surface area contributed by atoms with Crippen LogP contribution in [0.4, 0.5) is 21.5 Å². The molecule has 1 aromatic heterocycles. The highest BCUT2D eigenvalue weighted by atomic mass is 19.1. The number of pyridine rings is 1. The first-order chi connectivity index (χ1) is 14.0. The number of rotatable bonds is 7. The molecule has 3 aromatic rings. The van der Waals surface area contributed by atoms with Gasteiger partial charge in [-0.05, 0) is 24.3 Å². The molecule has 0 aliphatic rings. The minimum atomic E-state index is -0.524. The number of carbonyl (C=O) groups excluding carboxylic acids is 1. The summed E-state index contributed by atoms with van der Waals surface area (Å²) in [4.78, 5) is 16.5. The van der Waals surface area contributed by atoms with Gasteiger partial charge in [0.15, 0.2) is 11.5 Å². The molecule has 3 rings (SSSR count). The predicted molar refractivity (Wildman–Crippen MR) is 108 cm³/mol. The Kier molecular flexibility index (Phi) is 6.13. The molecule has 1 heterocycles. The third kappa shape index (κ3) is 4.55. The summed E-state index contributed by atoms with van der Waals surface area (Å²) < 4.78 is 29.7. The van der Waals surface area contributed by atoms with Gasteiger partial charge in [0, 0.05) is 29.7 Å². The van der Waals surface area contributed by atoms with Gasteiger partial charge in [-0.25, -0.2) is 4.39 Å². The molecule has 0 fully saturated rings. The molecule has 2 N–H and O–H groups in total. The first-order valence-corrected chi connectivity index (χ1v) is 8.64. The Labute approximate surface area is 167 Å². The fraction of sp³-hybridized carbons (Fsp3) is 0.143. The highest BCUT2D eigenvalue weighted by Crippen LogP contribution is 2.40. The quantitative estimate of drug-likeness (QED) is 0.621. The Bertz CT molecular complexity index is 1000. The summed E-state index contributed by atoms with van der Waals surface area (Å²) in [6, 6.07) is 12.7. The van der Waals surface area contributed by atoms with Crippen LogP contribution in [0.3, 0.4) is 0 Å². The molecule has 0 aliphatic carbocycles. The summed E-state index contributed by atoms with van der Waals surface area (Å²) in [7, 11) is 4.58. The lowest BCUT2D eigenvalue weighted by atomic mass is 10.2. The third-order valence-corrected chi connectivity index (χ3v) is 4.07. The minimum Gasteiger partial charge on any atom is -0.493 e. The maximum atomic E-state index is 13.8. The molecule has 7 nitrogen and oxygen atoms in total. The zero-order chi connectivity index (χ0) is 20.8. The van der Waals surface area contributed by atoms with Crippen molar-refractivity contribution in [2.45, 2.75) is 0 Å². The van der Waals surface area contributed by atoms with E-state index in [9.17, 15) is 9.18 Å². The van der Waals surface area contributed by atoms with E-state index in [-0.39, 0.29) is 11.4 Å². The standard InChI is InChI=1S/C21H20FN3O4/c1-27-18-11-14(12-19(28-2)20(18)29-3)24-13-8-9-23-17(10-13)21(26)25-16-7-5-4-6-15(16)22/h4-12H,1-3H3,(H,23,24)(H,25,26). The Hall–Kier alpha value is -3.81. The maximum Gasteiger partial charge on any atom is 0.274 e. The number of para-hydroxylation sites is 1. The molecule has 2 aromatic carbocycles. The van der Waals surface area contributed by atoms with Crippen molar-refractivity contribution in [2.75, 3.05) is 32.0 Å². The number of carbonyl (C=O) groups is 1. The van der Waals surface area contributed by atoms with E-state index < -0.39 is 11.7 Å². The van der Waals surface area contributed by atoms with Gasteiger partial charge in [-0.15, -0.1) is 0 Å². The first-order valence-electron chi connectivity index (χ1n) is 8.64. The van der Waals surface area contributed by atoms with Gasteiger partial charge in [-0.2, -0.15) is 0 Å². The minimum absolute atomic E-state index is 0.0855. The molecule has 0 saturated carbocycles. The molecule has 0 atom stereocenters. The Morgan fingerprint density at radius 2 is 1.62 bits per heavy atom. The van der Waals surface area contributed by atoms with E-state index >= 15 is 0 Å². The molecule has 0 spiro atoms. The van der Waals surface area contributed by atoms with Crippen molar-refractivity contribution in [3.8, 4) is 17.2 Å². The molecule has 0 radical (unpaired) electrons. The molecular formula is C21H20FN3O4. The number of benzene rings is 2. The molecule has 8 heteroatoms. The second-order valence-corrected chi connectivity index (χ2v) is 5.90. The van der Waals surface area contributed by atoms with Gasteiger partial charge in [0.1, 0.15) is 11.5 Å². The molecule has 1 amide bonds. The number of halogens is 1. The van der Waals surface area contributed by atoms with Gasteiger partial charge < -0.3 is 24.8 Å². The largest absolute Gasteiger partial charge is 0.493 e. The summed E-state index contributed by atoms with van der Waals surface area (Å²) in [5.74, 6) is 0.401. The van der Waals surface area contributed by atoms with E-state index in [1.165, 1.54) is 39.7 Å². The van der Waals surface area contributed by atoms with E-state index in [1.54, 1.807) is 36.4 Å². The van der Waals surface area contributed by atoms with Crippen LogP contribution in [0.2, 0.25) is 0 Å². The van der Waals surface area contributed by atoms with Crippen molar-refractivity contribution in [1.82, 2.24) is 4.98 Å². The van der Waals surface area contributed by atoms with Crippen LogP contribution in [0.15, 0.2) is 54.7 Å². The number of nitrogens with one attached hydrogen (secondary N) is 2. The number of nitrogens with zero attached hydrogens (tertiary/aromatic N) is 1. The highest BCUT2D eigenvalue weighted by molar-refractivity contribution is 6.03. The fourth-order valence-electron chi connectivity index (χ4n) is 2.70. The van der Waals surface area contributed by atoms with Crippen LogP contribution in [0, 0.1) is 5.82 Å². The summed E-state index contributed by atoms with van der Waals surface area (Å²) in [6.07, 6.45) is 1.48. The summed E-state index contributed by atoms with van der Waals surface area (Å²) >= 11 is 0. The van der Waals surface area contributed by atoms with Crippen molar-refractivity contribution in [3.63, 3.8) is 0 Å². The molecule has 29 heavy (non-hydrogen) atoms. The van der Waals surface area contributed by atoms with Gasteiger partial charge in [-0.1, -0.05) is 12.1 Å². The molecule has 0 aliphatic heterocycles. The molecule has 150 valence electrons. The monoisotopic (exact) mass is 397 g/mol. The lowest BCUT2D eigenvalue weighted by Gasteiger charge is -2.15. The second kappa shape index (κ2) is 8.92. The number of hydrogen-bond donors (Lipinski definition) is 2. The molecule has 0 saturated heterocycles. The normalized spacial score (nSPS) is 10.2. The smallest absolute Gasteiger partial charge is 0.274 e. The van der Waals surface area contributed by atoms with Gasteiger partial charge in [0.05, 0.1) is 27.0 Å². The lowest BCUT2D eigenvalue weighted by Crippen LogP contribution is -2.14. The van der Waals surface area contributed by atoms with Gasteiger partial charge in [-0.3, -0.25) is 9.78 Å². The zero-order valence-corrected chi connectivity index (χ0v) is 16.2. The topological polar surface area (TPSA) is 81.7 Å². The lowest BCUT2D eigenvalue weighted by molar-refractivity contribution is 0.102. The van der Waals surface area contributed by atoms with Crippen LogP contribution in [0.1, 0.15) is 10.5 Å². The zero-order valence-electron chi connectivity index (χ0n) is 16.2. The van der Waals surface area contributed by atoms with Crippen LogP contribution in [0.25, 0.3) is 0 Å².